The van der Waals surface area contributed by atoms with E-state index in [2.05, 4.69) is 10.1 Å². The van der Waals surface area contributed by atoms with Crippen molar-refractivity contribution in [1.29, 1.82) is 0 Å². The average Bonchev–Trinajstić information content (AvgIpc) is 2.01. The van der Waals surface area contributed by atoms with Crippen LogP contribution >= 0.6 is 0 Å². The SMILES string of the molecule is N/C(=N\O)c1cc(=O)[nH]c(=O)[nH]1. The number of rotatable bonds is 1. The van der Waals surface area contributed by atoms with Gasteiger partial charge in [-0.2, -0.15) is 0 Å². The molecule has 0 spiro atoms. The van der Waals surface area contributed by atoms with Crippen LogP contribution in [0, 0.1) is 0 Å². The Bertz CT molecular complexity index is 387. The number of aromatic nitrogens is 2. The smallest absolute Gasteiger partial charge is 0.326 e. The molecule has 0 amide bonds. The fourth-order valence-electron chi connectivity index (χ4n) is 0.661. The van der Waals surface area contributed by atoms with Crippen molar-refractivity contribution in [2.45, 2.75) is 0 Å². The van der Waals surface area contributed by atoms with Crippen LogP contribution < -0.4 is 17.0 Å². The van der Waals surface area contributed by atoms with Crippen LogP contribution in [-0.4, -0.2) is 21.0 Å². The van der Waals surface area contributed by atoms with E-state index < -0.39 is 11.2 Å². The Labute approximate surface area is 65.5 Å². The van der Waals surface area contributed by atoms with E-state index in [4.69, 9.17) is 10.9 Å². The first kappa shape index (κ1) is 8.05. The molecule has 12 heavy (non-hydrogen) atoms. The number of H-pyrrole nitrogens is 2. The van der Waals surface area contributed by atoms with Crippen LogP contribution in [0.5, 0.6) is 0 Å². The van der Waals surface area contributed by atoms with E-state index in [0.29, 0.717) is 0 Å². The van der Waals surface area contributed by atoms with Gasteiger partial charge in [0, 0.05) is 6.07 Å². The van der Waals surface area contributed by atoms with Gasteiger partial charge in [0.15, 0.2) is 5.84 Å². The van der Waals surface area contributed by atoms with E-state index in [1.165, 1.54) is 0 Å². The topological polar surface area (TPSA) is 124 Å². The second-order valence-electron chi connectivity index (χ2n) is 1.99. The third-order valence-corrected chi connectivity index (χ3v) is 1.14. The largest absolute Gasteiger partial charge is 0.409 e. The maximum Gasteiger partial charge on any atom is 0.326 e. The van der Waals surface area contributed by atoms with Gasteiger partial charge >= 0.3 is 5.69 Å². The number of aromatic amines is 2. The fraction of sp³-hybridized carbons (Fsp3) is 0. The molecule has 1 heterocycles. The van der Waals surface area contributed by atoms with Crippen LogP contribution in [0.1, 0.15) is 5.69 Å². The molecule has 0 saturated heterocycles. The zero-order valence-corrected chi connectivity index (χ0v) is 5.87. The molecule has 0 aromatic carbocycles. The maximum atomic E-state index is 10.7. The van der Waals surface area contributed by atoms with Crippen molar-refractivity contribution in [1.82, 2.24) is 9.97 Å². The van der Waals surface area contributed by atoms with Gasteiger partial charge in [-0.25, -0.2) is 4.79 Å². The quantitative estimate of drug-likeness (QED) is 0.171. The number of oxime groups is 1. The minimum atomic E-state index is -0.705. The standard InChI is InChI=1S/C5H6N4O3/c6-4(9-12)2-1-3(10)8-5(11)7-2/h1,12H,(H2,6,9)(H2,7,8,10,11). The molecular weight excluding hydrogens is 164 g/mol. The molecule has 0 saturated carbocycles. The van der Waals surface area contributed by atoms with Crippen LogP contribution in [-0.2, 0) is 0 Å². The Kier molecular flexibility index (Phi) is 1.95. The van der Waals surface area contributed by atoms with E-state index in [1.54, 1.807) is 0 Å². The van der Waals surface area contributed by atoms with Gasteiger partial charge in [-0.1, -0.05) is 5.16 Å². The van der Waals surface area contributed by atoms with Gasteiger partial charge in [-0.3, -0.25) is 9.78 Å². The molecule has 0 aliphatic heterocycles. The summed E-state index contributed by atoms with van der Waals surface area (Å²) in [6.07, 6.45) is 0. The van der Waals surface area contributed by atoms with Crippen molar-refractivity contribution in [3.8, 4) is 0 Å². The van der Waals surface area contributed by atoms with Crippen LogP contribution in [0.3, 0.4) is 0 Å². The summed E-state index contributed by atoms with van der Waals surface area (Å²) in [6.45, 7) is 0. The second kappa shape index (κ2) is 2.91. The minimum Gasteiger partial charge on any atom is -0.409 e. The van der Waals surface area contributed by atoms with Crippen molar-refractivity contribution >= 4 is 5.84 Å². The highest BCUT2D eigenvalue weighted by Crippen LogP contribution is 1.82. The fourth-order valence-corrected chi connectivity index (χ4v) is 0.661. The van der Waals surface area contributed by atoms with E-state index in [0.717, 1.165) is 6.07 Å². The van der Waals surface area contributed by atoms with Crippen LogP contribution in [0.25, 0.3) is 0 Å². The monoisotopic (exact) mass is 170 g/mol. The molecule has 0 atom stereocenters. The van der Waals surface area contributed by atoms with Crippen LogP contribution in [0.4, 0.5) is 0 Å². The molecule has 1 aromatic rings. The van der Waals surface area contributed by atoms with Gasteiger partial charge in [0.2, 0.25) is 0 Å². The maximum absolute atomic E-state index is 10.7. The van der Waals surface area contributed by atoms with Gasteiger partial charge in [-0.05, 0) is 0 Å². The van der Waals surface area contributed by atoms with Gasteiger partial charge in [0.25, 0.3) is 5.56 Å². The minimum absolute atomic E-state index is 0.0220. The molecule has 0 aliphatic carbocycles. The summed E-state index contributed by atoms with van der Waals surface area (Å²) in [4.78, 5) is 25.4. The number of hydrogen-bond acceptors (Lipinski definition) is 4. The molecule has 64 valence electrons. The molecule has 7 nitrogen and oxygen atoms in total. The lowest BCUT2D eigenvalue weighted by Gasteiger charge is -1.94. The summed E-state index contributed by atoms with van der Waals surface area (Å²) >= 11 is 0. The summed E-state index contributed by atoms with van der Waals surface area (Å²) in [5, 5.41) is 10.8. The second-order valence-corrected chi connectivity index (χ2v) is 1.99. The van der Waals surface area contributed by atoms with Crippen molar-refractivity contribution < 1.29 is 5.21 Å². The molecule has 0 radical (unpaired) electrons. The molecule has 0 aliphatic rings. The number of amidine groups is 1. The Hall–Kier alpha value is -2.05. The molecule has 1 rings (SSSR count). The lowest BCUT2D eigenvalue weighted by molar-refractivity contribution is 0.318. The van der Waals surface area contributed by atoms with Crippen LogP contribution in [0.2, 0.25) is 0 Å². The predicted molar refractivity (Wildman–Crippen MR) is 40.2 cm³/mol. The molecule has 0 bridgehead atoms. The first-order valence-corrected chi connectivity index (χ1v) is 2.95. The van der Waals surface area contributed by atoms with Gasteiger partial charge < -0.3 is 15.9 Å². The van der Waals surface area contributed by atoms with Crippen molar-refractivity contribution in [3.05, 3.63) is 32.6 Å². The van der Waals surface area contributed by atoms with Gasteiger partial charge in [-0.15, -0.1) is 0 Å². The number of nitrogens with two attached hydrogens (primary N) is 1. The third kappa shape index (κ3) is 1.51. The van der Waals surface area contributed by atoms with Gasteiger partial charge in [0.1, 0.15) is 0 Å². The number of nitrogens with one attached hydrogen (secondary N) is 2. The normalized spacial score (nSPS) is 11.5. The van der Waals surface area contributed by atoms with E-state index in [9.17, 15) is 9.59 Å². The molecule has 0 fully saturated rings. The first-order chi connectivity index (χ1) is 5.63. The summed E-state index contributed by atoms with van der Waals surface area (Å²) in [7, 11) is 0. The van der Waals surface area contributed by atoms with Crippen molar-refractivity contribution in [3.63, 3.8) is 0 Å². The summed E-state index contributed by atoms with van der Waals surface area (Å²) < 4.78 is 0. The zero-order chi connectivity index (χ0) is 9.14. The summed E-state index contributed by atoms with van der Waals surface area (Å²) in [5.41, 5.74) is 3.77. The lowest BCUT2D eigenvalue weighted by Crippen LogP contribution is -2.27. The lowest BCUT2D eigenvalue weighted by atomic mass is 10.4. The molecule has 1 aromatic heterocycles. The highest BCUT2D eigenvalue weighted by atomic mass is 16.4. The Morgan fingerprint density at radius 1 is 1.50 bits per heavy atom. The summed E-state index contributed by atoms with van der Waals surface area (Å²) in [6, 6.07) is 1.01. The molecule has 5 N–H and O–H groups in total. The number of nitrogens with zero attached hydrogens (tertiary/aromatic N) is 1. The van der Waals surface area contributed by atoms with Crippen molar-refractivity contribution in [2.24, 2.45) is 10.9 Å². The summed E-state index contributed by atoms with van der Waals surface area (Å²) in [5.74, 6) is -0.321. The highest BCUT2D eigenvalue weighted by molar-refractivity contribution is 5.94. The zero-order valence-electron chi connectivity index (χ0n) is 5.87. The van der Waals surface area contributed by atoms with E-state index in [-0.39, 0.29) is 11.5 Å². The highest BCUT2D eigenvalue weighted by Gasteiger charge is 2.00. The van der Waals surface area contributed by atoms with E-state index >= 15 is 0 Å². The molecule has 0 unspecified atom stereocenters. The third-order valence-electron chi connectivity index (χ3n) is 1.14. The van der Waals surface area contributed by atoms with E-state index in [1.807, 2.05) is 4.98 Å². The number of hydrogen-bond donors (Lipinski definition) is 4. The van der Waals surface area contributed by atoms with Crippen molar-refractivity contribution in [2.75, 3.05) is 0 Å². The van der Waals surface area contributed by atoms with Crippen LogP contribution in [0.15, 0.2) is 20.8 Å². The molecular formula is C5H6N4O3. The Morgan fingerprint density at radius 2 is 2.17 bits per heavy atom. The average molecular weight is 170 g/mol. The van der Waals surface area contributed by atoms with Gasteiger partial charge in [0.05, 0.1) is 5.69 Å². The Morgan fingerprint density at radius 3 is 2.67 bits per heavy atom. The predicted octanol–water partition coefficient (Wildman–Crippen LogP) is -1.84. The first-order valence-electron chi connectivity index (χ1n) is 2.95. The Balaban J connectivity index is 3.37. The molecule has 7 heteroatoms.